The summed E-state index contributed by atoms with van der Waals surface area (Å²) in [4.78, 5) is 24.8. The lowest BCUT2D eigenvalue weighted by Crippen LogP contribution is -2.34. The number of carbonyl (C=O) groups is 1. The van der Waals surface area contributed by atoms with Crippen LogP contribution in [0.1, 0.15) is 48.3 Å². The number of carbonyl (C=O) groups excluding carboxylic acids is 1. The highest BCUT2D eigenvalue weighted by molar-refractivity contribution is 7.18. The maximum Gasteiger partial charge on any atom is 0.260 e. The van der Waals surface area contributed by atoms with Crippen molar-refractivity contribution in [2.75, 3.05) is 12.3 Å². The molecule has 2 N–H and O–H groups in total. The standard InChI is InChI=1S/C18H22N4O2S/c1-4-24-16-14-12(8-22(17(14)23)10(3)11-5-6-11)7-13(21-16)15-9(2)20-18(19)25-15/h7,10-11H,4-6,8H2,1-3H3,(H2,19,20)/t10-/m0/s1. The number of ether oxygens (including phenoxy) is 1. The number of rotatable bonds is 5. The molecule has 0 unspecified atom stereocenters. The first kappa shape index (κ1) is 16.3. The van der Waals surface area contributed by atoms with E-state index in [0.717, 1.165) is 21.8 Å². The largest absolute Gasteiger partial charge is 0.477 e. The summed E-state index contributed by atoms with van der Waals surface area (Å²) in [5.74, 6) is 1.10. The van der Waals surface area contributed by atoms with E-state index in [1.54, 1.807) is 0 Å². The first-order valence-electron chi connectivity index (χ1n) is 8.70. The number of anilines is 1. The molecule has 3 heterocycles. The number of pyridine rings is 1. The molecule has 7 heteroatoms. The zero-order valence-electron chi connectivity index (χ0n) is 14.7. The molecule has 25 heavy (non-hydrogen) atoms. The van der Waals surface area contributed by atoms with Gasteiger partial charge in [0.05, 0.1) is 22.9 Å². The van der Waals surface area contributed by atoms with E-state index in [0.29, 0.717) is 35.6 Å². The van der Waals surface area contributed by atoms with Gasteiger partial charge in [-0.05, 0) is 51.2 Å². The maximum absolute atomic E-state index is 13.0. The number of hydrogen-bond acceptors (Lipinski definition) is 6. The molecule has 1 atom stereocenters. The molecule has 1 saturated carbocycles. The van der Waals surface area contributed by atoms with Crippen LogP contribution in [0.5, 0.6) is 5.88 Å². The second-order valence-electron chi connectivity index (χ2n) is 6.76. The van der Waals surface area contributed by atoms with E-state index in [4.69, 9.17) is 10.5 Å². The molecule has 6 nitrogen and oxygen atoms in total. The second-order valence-corrected chi connectivity index (χ2v) is 7.79. The van der Waals surface area contributed by atoms with Gasteiger partial charge in [0.2, 0.25) is 5.88 Å². The first-order chi connectivity index (χ1) is 12.0. The molecular weight excluding hydrogens is 336 g/mol. The fraction of sp³-hybridized carbons (Fsp3) is 0.500. The van der Waals surface area contributed by atoms with Gasteiger partial charge in [-0.1, -0.05) is 11.3 Å². The lowest BCUT2D eigenvalue weighted by Gasteiger charge is -2.23. The van der Waals surface area contributed by atoms with Crippen molar-refractivity contribution in [1.29, 1.82) is 0 Å². The average molecular weight is 358 g/mol. The van der Waals surface area contributed by atoms with E-state index in [2.05, 4.69) is 16.9 Å². The number of nitrogen functional groups attached to an aromatic ring is 1. The molecular formula is C18H22N4O2S. The van der Waals surface area contributed by atoms with Gasteiger partial charge in [0.25, 0.3) is 5.91 Å². The Morgan fingerprint density at radius 2 is 2.20 bits per heavy atom. The monoisotopic (exact) mass is 358 g/mol. The number of amides is 1. The first-order valence-corrected chi connectivity index (χ1v) is 9.52. The minimum absolute atomic E-state index is 0.0393. The molecule has 1 aliphatic heterocycles. The topological polar surface area (TPSA) is 81.3 Å². The smallest absolute Gasteiger partial charge is 0.260 e. The Morgan fingerprint density at radius 1 is 1.44 bits per heavy atom. The Balaban J connectivity index is 1.77. The van der Waals surface area contributed by atoms with Crippen molar-refractivity contribution in [3.8, 4) is 16.5 Å². The van der Waals surface area contributed by atoms with Crippen LogP contribution < -0.4 is 10.5 Å². The summed E-state index contributed by atoms with van der Waals surface area (Å²) in [6.45, 7) is 7.06. The fourth-order valence-corrected chi connectivity index (χ4v) is 4.29. The number of nitrogens with two attached hydrogens (primary N) is 1. The number of aryl methyl sites for hydroxylation is 1. The second kappa shape index (κ2) is 5.98. The third-order valence-corrected chi connectivity index (χ3v) is 6.02. The minimum Gasteiger partial charge on any atom is -0.477 e. The molecule has 2 aromatic heterocycles. The molecule has 2 aromatic rings. The van der Waals surface area contributed by atoms with Gasteiger partial charge < -0.3 is 15.4 Å². The normalized spacial score (nSPS) is 17.7. The van der Waals surface area contributed by atoms with E-state index in [1.807, 2.05) is 24.8 Å². The van der Waals surface area contributed by atoms with Crippen LogP contribution in [-0.4, -0.2) is 33.4 Å². The predicted octanol–water partition coefficient (Wildman–Crippen LogP) is 3.25. The zero-order valence-corrected chi connectivity index (χ0v) is 15.5. The molecule has 0 saturated heterocycles. The quantitative estimate of drug-likeness (QED) is 0.887. The summed E-state index contributed by atoms with van der Waals surface area (Å²) in [5, 5.41) is 0.521. The van der Waals surface area contributed by atoms with Gasteiger partial charge in [0, 0.05) is 12.6 Å². The van der Waals surface area contributed by atoms with Crippen LogP contribution in [0.2, 0.25) is 0 Å². The highest BCUT2D eigenvalue weighted by Gasteiger charge is 2.40. The molecule has 2 aliphatic rings. The van der Waals surface area contributed by atoms with E-state index < -0.39 is 0 Å². The minimum atomic E-state index is 0.0393. The van der Waals surface area contributed by atoms with Crippen molar-refractivity contribution in [3.05, 3.63) is 22.9 Å². The molecule has 132 valence electrons. The van der Waals surface area contributed by atoms with E-state index in [1.165, 1.54) is 24.2 Å². The lowest BCUT2D eigenvalue weighted by molar-refractivity contribution is 0.0694. The van der Waals surface area contributed by atoms with Crippen molar-refractivity contribution in [2.45, 2.75) is 46.2 Å². The Labute approximate surface area is 151 Å². The highest BCUT2D eigenvalue weighted by Crippen LogP contribution is 2.41. The van der Waals surface area contributed by atoms with E-state index >= 15 is 0 Å². The predicted molar refractivity (Wildman–Crippen MR) is 97.7 cm³/mol. The van der Waals surface area contributed by atoms with Crippen LogP contribution in [0.3, 0.4) is 0 Å². The fourth-order valence-electron chi connectivity index (χ4n) is 3.50. The molecule has 0 aromatic carbocycles. The summed E-state index contributed by atoms with van der Waals surface area (Å²) in [6, 6.07) is 2.26. The Morgan fingerprint density at radius 3 is 2.80 bits per heavy atom. The van der Waals surface area contributed by atoms with E-state index in [-0.39, 0.29) is 11.9 Å². The molecule has 4 rings (SSSR count). The molecule has 1 fully saturated rings. The van der Waals surface area contributed by atoms with Gasteiger partial charge in [-0.2, -0.15) is 0 Å². The van der Waals surface area contributed by atoms with Gasteiger partial charge >= 0.3 is 0 Å². The van der Waals surface area contributed by atoms with Crippen LogP contribution >= 0.6 is 11.3 Å². The number of thiazole rings is 1. The summed E-state index contributed by atoms with van der Waals surface area (Å²) in [7, 11) is 0. The van der Waals surface area contributed by atoms with Gasteiger partial charge in [-0.15, -0.1) is 0 Å². The van der Waals surface area contributed by atoms with E-state index in [9.17, 15) is 4.79 Å². The van der Waals surface area contributed by atoms with Gasteiger partial charge in [-0.3, -0.25) is 4.79 Å². The molecule has 1 aliphatic carbocycles. The number of hydrogen-bond donors (Lipinski definition) is 1. The Kier molecular flexibility index (Phi) is 3.91. The van der Waals surface area contributed by atoms with Crippen molar-refractivity contribution in [1.82, 2.24) is 14.9 Å². The Bertz CT molecular complexity index is 844. The summed E-state index contributed by atoms with van der Waals surface area (Å²) >= 11 is 1.41. The van der Waals surface area contributed by atoms with Crippen molar-refractivity contribution >= 4 is 22.4 Å². The van der Waals surface area contributed by atoms with Crippen molar-refractivity contribution in [3.63, 3.8) is 0 Å². The third kappa shape index (κ3) is 2.76. The number of nitrogens with zero attached hydrogens (tertiary/aromatic N) is 3. The van der Waals surface area contributed by atoms with Crippen LogP contribution in [0, 0.1) is 12.8 Å². The van der Waals surface area contributed by atoms with Gasteiger partial charge in [-0.25, -0.2) is 9.97 Å². The molecule has 1 amide bonds. The summed E-state index contributed by atoms with van der Waals surface area (Å²) in [6.07, 6.45) is 2.42. The van der Waals surface area contributed by atoms with Crippen LogP contribution in [0.4, 0.5) is 5.13 Å². The summed E-state index contributed by atoms with van der Waals surface area (Å²) in [5.41, 5.74) is 9.07. The number of aromatic nitrogens is 2. The van der Waals surface area contributed by atoms with Gasteiger partial charge in [0.1, 0.15) is 5.56 Å². The van der Waals surface area contributed by atoms with Crippen LogP contribution in [0.25, 0.3) is 10.6 Å². The zero-order chi connectivity index (χ0) is 17.7. The van der Waals surface area contributed by atoms with Crippen LogP contribution in [-0.2, 0) is 6.54 Å². The molecule has 0 radical (unpaired) electrons. The highest BCUT2D eigenvalue weighted by atomic mass is 32.1. The SMILES string of the molecule is CCOc1nc(-c2sc(N)nc2C)cc2c1C(=O)N([C@@H](C)C1CC1)C2. The molecule has 0 spiro atoms. The Hall–Kier alpha value is -2.15. The maximum atomic E-state index is 13.0. The lowest BCUT2D eigenvalue weighted by atomic mass is 10.1. The van der Waals surface area contributed by atoms with Crippen molar-refractivity contribution < 1.29 is 9.53 Å². The number of fused-ring (bicyclic) bond motifs is 1. The van der Waals surface area contributed by atoms with Crippen LogP contribution in [0.15, 0.2) is 6.07 Å². The average Bonchev–Trinajstić information content (AvgIpc) is 3.29. The van der Waals surface area contributed by atoms with Gasteiger partial charge in [0.15, 0.2) is 5.13 Å². The molecule has 0 bridgehead atoms. The summed E-state index contributed by atoms with van der Waals surface area (Å²) < 4.78 is 5.73. The third-order valence-electron chi connectivity index (χ3n) is 5.01. The van der Waals surface area contributed by atoms with Crippen molar-refractivity contribution in [2.24, 2.45) is 5.92 Å².